The Bertz CT molecular complexity index is 903. The fraction of sp³-hybridized carbons (Fsp3) is 0.105. The van der Waals surface area contributed by atoms with Crippen molar-refractivity contribution in [3.05, 3.63) is 65.9 Å². The van der Waals surface area contributed by atoms with Gasteiger partial charge in [-0.15, -0.1) is 0 Å². The molecule has 0 amide bonds. The lowest BCUT2D eigenvalue weighted by atomic mass is 10.1. The number of aromatic nitrogens is 1. The average Bonchev–Trinajstić information content (AvgIpc) is 2.90. The van der Waals surface area contributed by atoms with Gasteiger partial charge in [-0.3, -0.25) is 0 Å². The number of carbonyl (C=O) groups excluding carboxylic acids is 2. The Kier molecular flexibility index (Phi) is 4.09. The Morgan fingerprint density at radius 3 is 2.52 bits per heavy atom. The monoisotopic (exact) mass is 305 g/mol. The SMILES string of the molecule is CCOC(=O)c1c(C=C=O)n(-c2ccccc2)c2ccccc12. The topological polar surface area (TPSA) is 48.3 Å². The molecule has 0 atom stereocenters. The molecule has 114 valence electrons. The van der Waals surface area contributed by atoms with Crippen molar-refractivity contribution in [1.82, 2.24) is 4.57 Å². The molecule has 3 rings (SSSR count). The zero-order chi connectivity index (χ0) is 16.2. The molecule has 0 aliphatic heterocycles. The number of ether oxygens (including phenoxy) is 1. The lowest BCUT2D eigenvalue weighted by Gasteiger charge is -2.08. The van der Waals surface area contributed by atoms with Crippen LogP contribution in [0.5, 0.6) is 0 Å². The smallest absolute Gasteiger partial charge is 0.340 e. The van der Waals surface area contributed by atoms with Crippen LogP contribution in [0.2, 0.25) is 0 Å². The maximum absolute atomic E-state index is 12.4. The molecular weight excluding hydrogens is 290 g/mol. The lowest BCUT2D eigenvalue weighted by molar-refractivity contribution is 0.0528. The standard InChI is InChI=1S/C19H15NO3/c1-2-23-19(22)18-15-10-6-7-11-16(15)20(17(18)12-13-21)14-8-4-3-5-9-14/h3-12H,2H2,1H3. The predicted octanol–water partition coefficient (Wildman–Crippen LogP) is 3.65. The zero-order valence-electron chi connectivity index (χ0n) is 12.7. The van der Waals surface area contributed by atoms with Crippen LogP contribution in [0.1, 0.15) is 23.0 Å². The number of fused-ring (bicyclic) bond motifs is 1. The third kappa shape index (κ3) is 2.56. The highest BCUT2D eigenvalue weighted by Crippen LogP contribution is 2.30. The third-order valence-corrected chi connectivity index (χ3v) is 3.60. The van der Waals surface area contributed by atoms with E-state index in [-0.39, 0.29) is 6.61 Å². The number of para-hydroxylation sites is 2. The van der Waals surface area contributed by atoms with Gasteiger partial charge < -0.3 is 9.30 Å². The lowest BCUT2D eigenvalue weighted by Crippen LogP contribution is -2.07. The van der Waals surface area contributed by atoms with E-state index in [1.54, 1.807) is 12.9 Å². The second kappa shape index (κ2) is 6.34. The first-order valence-electron chi connectivity index (χ1n) is 7.34. The molecule has 2 aromatic carbocycles. The Morgan fingerprint density at radius 1 is 1.13 bits per heavy atom. The summed E-state index contributed by atoms with van der Waals surface area (Å²) >= 11 is 0. The molecular formula is C19H15NO3. The molecule has 3 aromatic rings. The molecule has 0 aliphatic carbocycles. The normalized spacial score (nSPS) is 10.3. The molecule has 23 heavy (non-hydrogen) atoms. The van der Waals surface area contributed by atoms with Gasteiger partial charge in [-0.25, -0.2) is 9.59 Å². The summed E-state index contributed by atoms with van der Waals surface area (Å²) in [6, 6.07) is 17.1. The van der Waals surface area contributed by atoms with Crippen LogP contribution >= 0.6 is 0 Å². The van der Waals surface area contributed by atoms with Crippen LogP contribution < -0.4 is 0 Å². The van der Waals surface area contributed by atoms with E-state index in [2.05, 4.69) is 0 Å². The van der Waals surface area contributed by atoms with Crippen molar-refractivity contribution < 1.29 is 14.3 Å². The summed E-state index contributed by atoms with van der Waals surface area (Å²) < 4.78 is 7.04. The first-order valence-corrected chi connectivity index (χ1v) is 7.34. The Labute approximate surface area is 133 Å². The van der Waals surface area contributed by atoms with Gasteiger partial charge in [0, 0.05) is 17.1 Å². The van der Waals surface area contributed by atoms with Crippen LogP contribution in [0, 0.1) is 0 Å². The van der Waals surface area contributed by atoms with E-state index in [4.69, 9.17) is 4.74 Å². The van der Waals surface area contributed by atoms with Crippen LogP contribution in [0.25, 0.3) is 22.7 Å². The van der Waals surface area contributed by atoms with Gasteiger partial charge in [0.2, 0.25) is 0 Å². The number of carbonyl (C=O) groups is 1. The van der Waals surface area contributed by atoms with Crippen molar-refractivity contribution in [2.75, 3.05) is 6.61 Å². The van der Waals surface area contributed by atoms with Crippen LogP contribution in [0.15, 0.2) is 54.6 Å². The average molecular weight is 305 g/mol. The van der Waals surface area contributed by atoms with E-state index in [9.17, 15) is 9.59 Å². The molecule has 4 nitrogen and oxygen atoms in total. The summed E-state index contributed by atoms with van der Waals surface area (Å²) in [5, 5.41) is 0.747. The summed E-state index contributed by atoms with van der Waals surface area (Å²) in [5.74, 6) is 1.34. The molecule has 0 aliphatic rings. The van der Waals surface area contributed by atoms with Crippen LogP contribution in [-0.4, -0.2) is 23.1 Å². The summed E-state index contributed by atoms with van der Waals surface area (Å²) in [7, 11) is 0. The molecule has 0 saturated carbocycles. The van der Waals surface area contributed by atoms with Gasteiger partial charge >= 0.3 is 5.97 Å². The van der Waals surface area contributed by atoms with Gasteiger partial charge in [0.1, 0.15) is 5.94 Å². The van der Waals surface area contributed by atoms with Gasteiger partial charge in [0.15, 0.2) is 0 Å². The molecule has 0 N–H and O–H groups in total. The number of nitrogens with zero attached hydrogens (tertiary/aromatic N) is 1. The van der Waals surface area contributed by atoms with E-state index >= 15 is 0 Å². The minimum absolute atomic E-state index is 0.272. The Balaban J connectivity index is 2.41. The maximum Gasteiger partial charge on any atom is 0.340 e. The molecule has 0 spiro atoms. The van der Waals surface area contributed by atoms with Gasteiger partial charge in [-0.1, -0.05) is 36.4 Å². The van der Waals surface area contributed by atoms with Crippen molar-refractivity contribution in [3.63, 3.8) is 0 Å². The van der Waals surface area contributed by atoms with E-state index in [0.29, 0.717) is 11.3 Å². The third-order valence-electron chi connectivity index (χ3n) is 3.60. The van der Waals surface area contributed by atoms with E-state index in [1.165, 1.54) is 6.08 Å². The largest absolute Gasteiger partial charge is 0.462 e. The summed E-state index contributed by atoms with van der Waals surface area (Å²) in [5.41, 5.74) is 2.56. The summed E-state index contributed by atoms with van der Waals surface area (Å²) in [6.07, 6.45) is 1.28. The highest BCUT2D eigenvalue weighted by molar-refractivity contribution is 6.09. The van der Waals surface area contributed by atoms with Crippen molar-refractivity contribution >= 4 is 28.9 Å². The number of esters is 1. The second-order valence-electron chi connectivity index (χ2n) is 4.93. The molecule has 1 aromatic heterocycles. The molecule has 1 heterocycles. The summed E-state index contributed by atoms with van der Waals surface area (Å²) in [6.45, 7) is 2.03. The fourth-order valence-corrected chi connectivity index (χ4v) is 2.73. The number of hydrogen-bond donors (Lipinski definition) is 0. The first kappa shape index (κ1) is 14.8. The summed E-state index contributed by atoms with van der Waals surface area (Å²) in [4.78, 5) is 23.4. The van der Waals surface area contributed by atoms with Gasteiger partial charge in [0.25, 0.3) is 0 Å². The van der Waals surface area contributed by atoms with E-state index in [1.807, 2.05) is 59.2 Å². The quantitative estimate of drug-likeness (QED) is 0.546. The molecule has 4 heteroatoms. The van der Waals surface area contributed by atoms with E-state index < -0.39 is 5.97 Å². The molecule has 0 unspecified atom stereocenters. The first-order chi connectivity index (χ1) is 11.3. The second-order valence-corrected chi connectivity index (χ2v) is 4.93. The van der Waals surface area contributed by atoms with Crippen LogP contribution in [0.4, 0.5) is 0 Å². The van der Waals surface area contributed by atoms with Crippen molar-refractivity contribution in [1.29, 1.82) is 0 Å². The van der Waals surface area contributed by atoms with Crippen molar-refractivity contribution in [2.24, 2.45) is 0 Å². The molecule has 0 bridgehead atoms. The minimum atomic E-state index is -0.445. The van der Waals surface area contributed by atoms with Gasteiger partial charge in [-0.05, 0) is 25.1 Å². The highest BCUT2D eigenvalue weighted by Gasteiger charge is 2.22. The van der Waals surface area contributed by atoms with Crippen LogP contribution in [-0.2, 0) is 9.53 Å². The Morgan fingerprint density at radius 2 is 1.83 bits per heavy atom. The number of benzene rings is 2. The minimum Gasteiger partial charge on any atom is -0.462 e. The number of hydrogen-bond acceptors (Lipinski definition) is 3. The molecule has 0 radical (unpaired) electrons. The molecule has 0 fully saturated rings. The molecule has 0 saturated heterocycles. The Hall–Kier alpha value is -3.10. The highest BCUT2D eigenvalue weighted by atomic mass is 16.5. The van der Waals surface area contributed by atoms with E-state index in [0.717, 1.165) is 16.6 Å². The number of rotatable bonds is 4. The van der Waals surface area contributed by atoms with Crippen LogP contribution in [0.3, 0.4) is 0 Å². The van der Waals surface area contributed by atoms with Gasteiger partial charge in [-0.2, -0.15) is 0 Å². The van der Waals surface area contributed by atoms with Crippen molar-refractivity contribution in [3.8, 4) is 5.69 Å². The zero-order valence-corrected chi connectivity index (χ0v) is 12.7. The predicted molar refractivity (Wildman–Crippen MR) is 89.4 cm³/mol. The maximum atomic E-state index is 12.4. The van der Waals surface area contributed by atoms with Gasteiger partial charge in [0.05, 0.1) is 23.4 Å². The fourth-order valence-electron chi connectivity index (χ4n) is 2.73. The van der Waals surface area contributed by atoms with Crippen molar-refractivity contribution in [2.45, 2.75) is 6.92 Å².